The second-order valence-corrected chi connectivity index (χ2v) is 6.46. The standard InChI is InChI=1S/C19H20N6O2/c26-18(4-3-16-5-10-22-27-16)23-15-7-11-25(13-15)19-21-9-6-17(24-19)14-2-1-8-20-12-14/h1-2,5-6,8-10,12,15H,3-4,7,11,13H2,(H,23,26). The maximum Gasteiger partial charge on any atom is 0.225 e. The third-order valence-electron chi connectivity index (χ3n) is 4.53. The van der Waals surface area contributed by atoms with Crippen molar-refractivity contribution in [2.45, 2.75) is 25.3 Å². The molecule has 8 heteroatoms. The van der Waals surface area contributed by atoms with Crippen molar-refractivity contribution in [3.8, 4) is 11.3 Å². The first kappa shape index (κ1) is 17.1. The maximum atomic E-state index is 12.1. The quantitative estimate of drug-likeness (QED) is 0.713. The molecule has 1 unspecified atom stereocenters. The molecule has 3 aromatic rings. The molecule has 1 N–H and O–H groups in total. The molecule has 8 nitrogen and oxygen atoms in total. The van der Waals surface area contributed by atoms with E-state index in [0.29, 0.717) is 25.3 Å². The molecule has 0 spiro atoms. The summed E-state index contributed by atoms with van der Waals surface area (Å²) in [5.74, 6) is 1.41. The van der Waals surface area contributed by atoms with Crippen molar-refractivity contribution in [2.75, 3.05) is 18.0 Å². The second kappa shape index (κ2) is 7.94. The molecule has 0 aromatic carbocycles. The third kappa shape index (κ3) is 4.28. The van der Waals surface area contributed by atoms with Gasteiger partial charge in [0.25, 0.3) is 0 Å². The molecule has 4 heterocycles. The summed E-state index contributed by atoms with van der Waals surface area (Å²) in [6.45, 7) is 1.51. The van der Waals surface area contributed by atoms with Crippen LogP contribution in [0.2, 0.25) is 0 Å². The van der Waals surface area contributed by atoms with Gasteiger partial charge in [-0.15, -0.1) is 0 Å². The van der Waals surface area contributed by atoms with Gasteiger partial charge in [0, 0.05) is 62.2 Å². The van der Waals surface area contributed by atoms with Crippen LogP contribution in [-0.4, -0.2) is 45.1 Å². The van der Waals surface area contributed by atoms with E-state index in [2.05, 4.69) is 30.3 Å². The summed E-state index contributed by atoms with van der Waals surface area (Å²) in [6.07, 6.45) is 8.68. The Kier molecular flexibility index (Phi) is 5.04. The van der Waals surface area contributed by atoms with E-state index in [0.717, 1.165) is 30.0 Å². The molecular weight excluding hydrogens is 344 g/mol. The van der Waals surface area contributed by atoms with Gasteiger partial charge in [0.05, 0.1) is 11.9 Å². The number of nitrogens with zero attached hydrogens (tertiary/aromatic N) is 5. The lowest BCUT2D eigenvalue weighted by Gasteiger charge is -2.17. The van der Waals surface area contributed by atoms with Gasteiger partial charge in [0.1, 0.15) is 5.76 Å². The van der Waals surface area contributed by atoms with Crippen molar-refractivity contribution in [3.63, 3.8) is 0 Å². The highest BCUT2D eigenvalue weighted by Gasteiger charge is 2.25. The molecule has 1 aliphatic heterocycles. The number of hydrogen-bond acceptors (Lipinski definition) is 7. The fourth-order valence-electron chi connectivity index (χ4n) is 3.14. The van der Waals surface area contributed by atoms with Crippen molar-refractivity contribution in [1.82, 2.24) is 25.4 Å². The van der Waals surface area contributed by atoms with E-state index < -0.39 is 0 Å². The summed E-state index contributed by atoms with van der Waals surface area (Å²) in [5.41, 5.74) is 1.80. The highest BCUT2D eigenvalue weighted by molar-refractivity contribution is 5.76. The lowest BCUT2D eigenvalue weighted by molar-refractivity contribution is -0.121. The Hall–Kier alpha value is -3.29. The van der Waals surface area contributed by atoms with Gasteiger partial charge in [-0.3, -0.25) is 9.78 Å². The molecule has 1 saturated heterocycles. The number of hydrogen-bond donors (Lipinski definition) is 1. The zero-order chi connectivity index (χ0) is 18.5. The first-order chi connectivity index (χ1) is 13.3. The molecule has 0 radical (unpaired) electrons. The summed E-state index contributed by atoms with van der Waals surface area (Å²) in [5, 5.41) is 6.72. The normalized spacial score (nSPS) is 16.4. The van der Waals surface area contributed by atoms with Crippen LogP contribution in [0.5, 0.6) is 0 Å². The zero-order valence-corrected chi connectivity index (χ0v) is 14.8. The van der Waals surface area contributed by atoms with Crippen LogP contribution < -0.4 is 10.2 Å². The molecule has 3 aromatic heterocycles. The molecule has 1 atom stereocenters. The molecule has 1 fully saturated rings. The lowest BCUT2D eigenvalue weighted by atomic mass is 10.2. The van der Waals surface area contributed by atoms with Crippen LogP contribution in [0.1, 0.15) is 18.6 Å². The van der Waals surface area contributed by atoms with E-state index in [1.807, 2.05) is 18.2 Å². The molecule has 0 saturated carbocycles. The number of rotatable bonds is 6. The Morgan fingerprint density at radius 3 is 3.04 bits per heavy atom. The summed E-state index contributed by atoms with van der Waals surface area (Å²) in [7, 11) is 0. The molecule has 0 aliphatic carbocycles. The minimum Gasteiger partial charge on any atom is -0.361 e. The first-order valence-electron chi connectivity index (χ1n) is 8.95. The largest absolute Gasteiger partial charge is 0.361 e. The van der Waals surface area contributed by atoms with Gasteiger partial charge in [-0.25, -0.2) is 9.97 Å². The van der Waals surface area contributed by atoms with Crippen LogP contribution in [-0.2, 0) is 11.2 Å². The van der Waals surface area contributed by atoms with Crippen LogP contribution in [0.25, 0.3) is 11.3 Å². The lowest BCUT2D eigenvalue weighted by Crippen LogP contribution is -2.37. The van der Waals surface area contributed by atoms with Crippen LogP contribution in [0.4, 0.5) is 5.95 Å². The number of aromatic nitrogens is 4. The number of anilines is 1. The van der Waals surface area contributed by atoms with Gasteiger partial charge in [0.15, 0.2) is 0 Å². The predicted octanol–water partition coefficient (Wildman–Crippen LogP) is 1.85. The van der Waals surface area contributed by atoms with Crippen molar-refractivity contribution < 1.29 is 9.32 Å². The molecule has 1 amide bonds. The van der Waals surface area contributed by atoms with Crippen molar-refractivity contribution in [3.05, 3.63) is 54.8 Å². The van der Waals surface area contributed by atoms with E-state index >= 15 is 0 Å². The van der Waals surface area contributed by atoms with E-state index in [9.17, 15) is 4.79 Å². The topological polar surface area (TPSA) is 97.0 Å². The Labute approximate surface area is 156 Å². The summed E-state index contributed by atoms with van der Waals surface area (Å²) < 4.78 is 5.02. The van der Waals surface area contributed by atoms with Crippen LogP contribution in [0.3, 0.4) is 0 Å². The SMILES string of the molecule is O=C(CCc1ccno1)NC1CCN(c2nccc(-c3cccnc3)n2)C1. The van der Waals surface area contributed by atoms with E-state index in [-0.39, 0.29) is 11.9 Å². The van der Waals surface area contributed by atoms with Crippen molar-refractivity contribution >= 4 is 11.9 Å². The van der Waals surface area contributed by atoms with Gasteiger partial charge in [-0.2, -0.15) is 0 Å². The van der Waals surface area contributed by atoms with Crippen molar-refractivity contribution in [2.24, 2.45) is 0 Å². The van der Waals surface area contributed by atoms with Gasteiger partial charge in [0.2, 0.25) is 11.9 Å². The number of pyridine rings is 1. The number of carbonyl (C=O) groups is 1. The summed E-state index contributed by atoms with van der Waals surface area (Å²) in [6, 6.07) is 7.60. The monoisotopic (exact) mass is 364 g/mol. The number of nitrogens with one attached hydrogen (secondary N) is 1. The molecule has 0 bridgehead atoms. The Balaban J connectivity index is 1.33. The van der Waals surface area contributed by atoms with Gasteiger partial charge < -0.3 is 14.7 Å². The number of amides is 1. The Bertz CT molecular complexity index is 884. The second-order valence-electron chi connectivity index (χ2n) is 6.46. The number of aryl methyl sites for hydroxylation is 1. The Morgan fingerprint density at radius 2 is 2.22 bits per heavy atom. The third-order valence-corrected chi connectivity index (χ3v) is 4.53. The van der Waals surface area contributed by atoms with Crippen molar-refractivity contribution in [1.29, 1.82) is 0 Å². The Morgan fingerprint density at radius 1 is 1.26 bits per heavy atom. The average molecular weight is 364 g/mol. The minimum atomic E-state index is 0.0169. The highest BCUT2D eigenvalue weighted by Crippen LogP contribution is 2.20. The zero-order valence-electron chi connectivity index (χ0n) is 14.8. The minimum absolute atomic E-state index is 0.0169. The van der Waals surface area contributed by atoms with Crippen LogP contribution in [0.15, 0.2) is 53.6 Å². The van der Waals surface area contributed by atoms with Crippen LogP contribution >= 0.6 is 0 Å². The predicted molar refractivity (Wildman–Crippen MR) is 98.8 cm³/mol. The fraction of sp³-hybridized carbons (Fsp3) is 0.316. The summed E-state index contributed by atoms with van der Waals surface area (Å²) in [4.78, 5) is 27.4. The smallest absolute Gasteiger partial charge is 0.225 e. The molecular formula is C19H20N6O2. The molecule has 27 heavy (non-hydrogen) atoms. The van der Waals surface area contributed by atoms with Crippen LogP contribution in [0, 0.1) is 0 Å². The molecule has 4 rings (SSSR count). The molecule has 1 aliphatic rings. The molecule has 138 valence electrons. The number of carbonyl (C=O) groups excluding carboxylic acids is 1. The summed E-state index contributed by atoms with van der Waals surface area (Å²) >= 11 is 0. The van der Waals surface area contributed by atoms with E-state index in [4.69, 9.17) is 4.52 Å². The maximum absolute atomic E-state index is 12.1. The van der Waals surface area contributed by atoms with Gasteiger partial charge in [-0.05, 0) is 24.6 Å². The van der Waals surface area contributed by atoms with Gasteiger partial charge in [-0.1, -0.05) is 5.16 Å². The van der Waals surface area contributed by atoms with E-state index in [1.165, 1.54) is 0 Å². The van der Waals surface area contributed by atoms with Gasteiger partial charge >= 0.3 is 0 Å². The highest BCUT2D eigenvalue weighted by atomic mass is 16.5. The first-order valence-corrected chi connectivity index (χ1v) is 8.95. The average Bonchev–Trinajstić information content (AvgIpc) is 3.39. The van der Waals surface area contributed by atoms with E-state index in [1.54, 1.807) is 30.9 Å². The fourth-order valence-corrected chi connectivity index (χ4v) is 3.14.